The highest BCUT2D eigenvalue weighted by molar-refractivity contribution is 7.99. The van der Waals surface area contributed by atoms with Gasteiger partial charge in [0.2, 0.25) is 0 Å². The van der Waals surface area contributed by atoms with Crippen LogP contribution >= 0.6 is 23.4 Å². The normalized spacial score (nSPS) is 11.7. The molecule has 0 aliphatic heterocycles. The second-order valence-corrected chi connectivity index (χ2v) is 9.46. The maximum absolute atomic E-state index is 11.7. The molecule has 26 heavy (non-hydrogen) atoms. The minimum atomic E-state index is -3.22. The molecule has 7 heteroatoms. The number of aromatic nitrogens is 2. The molecule has 1 heterocycles. The van der Waals surface area contributed by atoms with Crippen molar-refractivity contribution in [1.29, 1.82) is 0 Å². The summed E-state index contributed by atoms with van der Waals surface area (Å²) in [5.74, 6) is 0.976. The van der Waals surface area contributed by atoms with Crippen LogP contribution in [0.25, 0.3) is 11.3 Å². The van der Waals surface area contributed by atoms with Gasteiger partial charge in [0.25, 0.3) is 0 Å². The van der Waals surface area contributed by atoms with E-state index in [1.165, 1.54) is 6.26 Å². The molecule has 3 rings (SSSR count). The van der Waals surface area contributed by atoms with Crippen molar-refractivity contribution in [3.05, 3.63) is 59.4 Å². The number of hydrogen-bond acceptors (Lipinski definition) is 4. The van der Waals surface area contributed by atoms with Gasteiger partial charge in [-0.3, -0.25) is 0 Å². The fourth-order valence-corrected chi connectivity index (χ4v) is 4.38. The molecule has 3 aromatic rings. The van der Waals surface area contributed by atoms with Crippen molar-refractivity contribution in [2.24, 2.45) is 7.05 Å². The maximum Gasteiger partial charge on any atom is 0.175 e. The molecule has 2 aromatic carbocycles. The van der Waals surface area contributed by atoms with Crippen molar-refractivity contribution >= 4 is 33.2 Å². The van der Waals surface area contributed by atoms with Crippen LogP contribution in [0.15, 0.2) is 63.3 Å². The SMILES string of the molecule is CCc1nc(-c2ccc(S(C)(=O)=O)cc2)c(Sc2ccc(Cl)cc2)n1C. The maximum atomic E-state index is 11.7. The van der Waals surface area contributed by atoms with E-state index < -0.39 is 9.84 Å². The molecule has 1 aromatic heterocycles. The number of nitrogens with zero attached hydrogens (tertiary/aromatic N) is 2. The number of aryl methyl sites for hydroxylation is 1. The molecule has 0 bridgehead atoms. The van der Waals surface area contributed by atoms with E-state index in [-0.39, 0.29) is 0 Å². The van der Waals surface area contributed by atoms with Crippen molar-refractivity contribution in [2.75, 3.05) is 6.26 Å². The average molecular weight is 407 g/mol. The van der Waals surface area contributed by atoms with Gasteiger partial charge in [0.05, 0.1) is 4.90 Å². The number of sulfone groups is 1. The molecular formula is C19H19ClN2O2S2. The van der Waals surface area contributed by atoms with Gasteiger partial charge in [-0.25, -0.2) is 13.4 Å². The molecule has 0 saturated heterocycles. The first-order valence-corrected chi connectivity index (χ1v) is 11.2. The van der Waals surface area contributed by atoms with Crippen LogP contribution in [0.2, 0.25) is 5.02 Å². The van der Waals surface area contributed by atoms with E-state index in [1.807, 2.05) is 43.4 Å². The summed E-state index contributed by atoms with van der Waals surface area (Å²) in [5.41, 5.74) is 1.74. The highest BCUT2D eigenvalue weighted by Crippen LogP contribution is 2.37. The first-order chi connectivity index (χ1) is 12.3. The number of hydrogen-bond donors (Lipinski definition) is 0. The predicted molar refractivity (Wildman–Crippen MR) is 107 cm³/mol. The summed E-state index contributed by atoms with van der Waals surface area (Å²) >= 11 is 7.59. The van der Waals surface area contributed by atoms with Gasteiger partial charge in [-0.2, -0.15) is 0 Å². The molecule has 0 atom stereocenters. The summed E-state index contributed by atoms with van der Waals surface area (Å²) in [6.45, 7) is 2.07. The minimum absolute atomic E-state index is 0.305. The van der Waals surface area contributed by atoms with E-state index in [2.05, 4.69) is 11.5 Å². The van der Waals surface area contributed by atoms with Gasteiger partial charge in [-0.15, -0.1) is 0 Å². The molecule has 0 fully saturated rings. The van der Waals surface area contributed by atoms with Crippen LogP contribution in [0.3, 0.4) is 0 Å². The Hall–Kier alpha value is -1.76. The van der Waals surface area contributed by atoms with Crippen molar-refractivity contribution in [3.8, 4) is 11.3 Å². The van der Waals surface area contributed by atoms with E-state index in [0.717, 1.165) is 33.4 Å². The summed E-state index contributed by atoms with van der Waals surface area (Å²) in [4.78, 5) is 6.14. The zero-order chi connectivity index (χ0) is 18.9. The molecular weight excluding hydrogens is 388 g/mol. The van der Waals surface area contributed by atoms with Gasteiger partial charge in [-0.05, 0) is 36.4 Å². The Morgan fingerprint density at radius 3 is 2.23 bits per heavy atom. The van der Waals surface area contributed by atoms with E-state index in [9.17, 15) is 8.42 Å². The monoisotopic (exact) mass is 406 g/mol. The van der Waals surface area contributed by atoms with Crippen LogP contribution in [-0.2, 0) is 23.3 Å². The second-order valence-electron chi connectivity index (χ2n) is 5.95. The molecule has 0 saturated carbocycles. The Morgan fingerprint density at radius 2 is 1.69 bits per heavy atom. The quantitative estimate of drug-likeness (QED) is 0.607. The lowest BCUT2D eigenvalue weighted by Crippen LogP contribution is -1.97. The lowest BCUT2D eigenvalue weighted by molar-refractivity contribution is 0.602. The summed E-state index contributed by atoms with van der Waals surface area (Å²) in [6.07, 6.45) is 2.02. The summed E-state index contributed by atoms with van der Waals surface area (Å²) < 4.78 is 25.5. The van der Waals surface area contributed by atoms with Gasteiger partial charge in [0.15, 0.2) is 9.84 Å². The average Bonchev–Trinajstić information content (AvgIpc) is 2.92. The first-order valence-electron chi connectivity index (χ1n) is 8.09. The zero-order valence-corrected chi connectivity index (χ0v) is 17.1. The van der Waals surface area contributed by atoms with E-state index in [4.69, 9.17) is 16.6 Å². The van der Waals surface area contributed by atoms with Crippen molar-refractivity contribution in [2.45, 2.75) is 28.2 Å². The van der Waals surface area contributed by atoms with E-state index >= 15 is 0 Å². The van der Waals surface area contributed by atoms with E-state index in [0.29, 0.717) is 9.92 Å². The molecule has 0 aliphatic carbocycles. The van der Waals surface area contributed by atoms with Crippen molar-refractivity contribution in [3.63, 3.8) is 0 Å². The Kier molecular flexibility index (Phi) is 5.46. The van der Waals surface area contributed by atoms with Crippen LogP contribution in [0.5, 0.6) is 0 Å². The Balaban J connectivity index is 2.05. The Morgan fingerprint density at radius 1 is 1.08 bits per heavy atom. The number of imidazole rings is 1. The lowest BCUT2D eigenvalue weighted by Gasteiger charge is -2.08. The van der Waals surface area contributed by atoms with Gasteiger partial charge < -0.3 is 4.57 Å². The van der Waals surface area contributed by atoms with Gasteiger partial charge >= 0.3 is 0 Å². The lowest BCUT2D eigenvalue weighted by atomic mass is 10.2. The Labute approximate surface area is 163 Å². The third kappa shape index (κ3) is 3.98. The topological polar surface area (TPSA) is 52.0 Å². The number of rotatable bonds is 5. The molecule has 0 N–H and O–H groups in total. The molecule has 0 spiro atoms. The van der Waals surface area contributed by atoms with Crippen LogP contribution in [0, 0.1) is 0 Å². The molecule has 0 amide bonds. The second kappa shape index (κ2) is 7.47. The highest BCUT2D eigenvalue weighted by Gasteiger charge is 2.17. The summed E-state index contributed by atoms with van der Waals surface area (Å²) in [6, 6.07) is 14.5. The number of halogens is 1. The third-order valence-electron chi connectivity index (χ3n) is 4.04. The highest BCUT2D eigenvalue weighted by atomic mass is 35.5. The van der Waals surface area contributed by atoms with Gasteiger partial charge in [0.1, 0.15) is 16.5 Å². The number of benzene rings is 2. The largest absolute Gasteiger partial charge is 0.326 e. The molecule has 0 aliphatic rings. The first kappa shape index (κ1) is 19.0. The van der Waals surface area contributed by atoms with Crippen LogP contribution in [-0.4, -0.2) is 24.2 Å². The van der Waals surface area contributed by atoms with Gasteiger partial charge in [-0.1, -0.05) is 42.4 Å². The molecule has 0 radical (unpaired) electrons. The predicted octanol–water partition coefficient (Wildman–Crippen LogP) is 4.86. The Bertz CT molecular complexity index is 1020. The summed E-state index contributed by atoms with van der Waals surface area (Å²) in [5, 5.41) is 1.71. The third-order valence-corrected chi connectivity index (χ3v) is 6.58. The van der Waals surface area contributed by atoms with Crippen LogP contribution < -0.4 is 0 Å². The smallest absolute Gasteiger partial charge is 0.175 e. The summed E-state index contributed by atoms with van der Waals surface area (Å²) in [7, 11) is -1.22. The van der Waals surface area contributed by atoms with Crippen LogP contribution in [0.4, 0.5) is 0 Å². The fourth-order valence-electron chi connectivity index (χ4n) is 2.62. The molecule has 4 nitrogen and oxygen atoms in total. The van der Waals surface area contributed by atoms with Gasteiger partial charge in [0, 0.05) is 35.2 Å². The molecule has 136 valence electrons. The van der Waals surface area contributed by atoms with Crippen molar-refractivity contribution < 1.29 is 8.42 Å². The van der Waals surface area contributed by atoms with Crippen molar-refractivity contribution in [1.82, 2.24) is 9.55 Å². The molecule has 0 unspecified atom stereocenters. The zero-order valence-electron chi connectivity index (χ0n) is 14.7. The van der Waals surface area contributed by atoms with Crippen LogP contribution in [0.1, 0.15) is 12.7 Å². The van der Waals surface area contributed by atoms with E-state index in [1.54, 1.807) is 23.9 Å². The standard InChI is InChI=1S/C19H19ClN2O2S2/c1-4-17-21-18(13-5-11-16(12-6-13)26(3,23)24)19(22(17)2)25-15-9-7-14(20)8-10-15/h5-12H,4H2,1-3H3. The fraction of sp³-hybridized carbons (Fsp3) is 0.211. The minimum Gasteiger partial charge on any atom is -0.326 e.